The largest absolute Gasteiger partial charge is 0.497 e. The zero-order valence-electron chi connectivity index (χ0n) is 23.9. The van der Waals surface area contributed by atoms with Crippen molar-refractivity contribution < 1.29 is 19.4 Å². The molecule has 0 bridgehead atoms. The Morgan fingerprint density at radius 3 is 2.48 bits per heavy atom. The summed E-state index contributed by atoms with van der Waals surface area (Å²) in [4.78, 5) is 15.7. The number of hydrogen-bond acceptors (Lipinski definition) is 7. The second-order valence-corrected chi connectivity index (χ2v) is 12.0. The molecule has 0 radical (unpaired) electrons. The zero-order chi connectivity index (χ0) is 28.5. The first-order valence-electron chi connectivity index (χ1n) is 13.9. The van der Waals surface area contributed by atoms with Gasteiger partial charge in [0, 0.05) is 24.3 Å². The molecular formula is C32H40N2O4S2. The Hall–Kier alpha value is -2.81. The molecule has 0 aromatic heterocycles. The highest BCUT2D eigenvalue weighted by atomic mass is 32.2. The summed E-state index contributed by atoms with van der Waals surface area (Å²) < 4.78 is 14.0. The second kappa shape index (κ2) is 14.2. The maximum atomic E-state index is 11.2. The lowest BCUT2D eigenvalue weighted by atomic mass is 9.88. The Morgan fingerprint density at radius 1 is 1.10 bits per heavy atom. The van der Waals surface area contributed by atoms with Crippen LogP contribution in [0, 0.1) is 0 Å². The number of ether oxygens (including phenoxy) is 2. The normalized spacial score (nSPS) is 17.2. The van der Waals surface area contributed by atoms with E-state index in [-0.39, 0.29) is 18.6 Å². The third-order valence-electron chi connectivity index (χ3n) is 7.51. The molecule has 0 saturated carbocycles. The first-order chi connectivity index (χ1) is 19.4. The molecule has 1 unspecified atom stereocenters. The van der Waals surface area contributed by atoms with Gasteiger partial charge < -0.3 is 19.5 Å². The van der Waals surface area contributed by atoms with Crippen LogP contribution >= 0.6 is 23.7 Å². The van der Waals surface area contributed by atoms with Crippen molar-refractivity contribution in [1.82, 2.24) is 4.31 Å². The van der Waals surface area contributed by atoms with E-state index in [1.54, 1.807) is 30.8 Å². The molecule has 1 N–H and O–H groups in total. The number of carboxylic acids is 1. The topological polar surface area (TPSA) is 62.2 Å². The fraction of sp³-hybridized carbons (Fsp3) is 0.406. The van der Waals surface area contributed by atoms with Gasteiger partial charge in [0.05, 0.1) is 35.6 Å². The molecule has 214 valence electrons. The number of aliphatic carboxylic acids is 1. The van der Waals surface area contributed by atoms with Gasteiger partial charge in [-0.3, -0.25) is 4.79 Å². The van der Waals surface area contributed by atoms with E-state index in [0.29, 0.717) is 0 Å². The Balaban J connectivity index is 1.83. The second-order valence-electron chi connectivity index (χ2n) is 10.0. The highest BCUT2D eigenvalue weighted by molar-refractivity contribution is 7.98. The predicted octanol–water partition coefficient (Wildman–Crippen LogP) is 8.27. The third kappa shape index (κ3) is 7.09. The van der Waals surface area contributed by atoms with Crippen LogP contribution in [0.4, 0.5) is 11.4 Å². The third-order valence-corrected chi connectivity index (χ3v) is 9.53. The minimum Gasteiger partial charge on any atom is -0.497 e. The van der Waals surface area contributed by atoms with Gasteiger partial charge in [-0.05, 0) is 73.0 Å². The van der Waals surface area contributed by atoms with E-state index in [1.807, 2.05) is 18.4 Å². The maximum absolute atomic E-state index is 11.2. The summed E-state index contributed by atoms with van der Waals surface area (Å²) in [5, 5.41) is 9.16. The summed E-state index contributed by atoms with van der Waals surface area (Å²) in [7, 11) is 1.70. The van der Waals surface area contributed by atoms with Crippen LogP contribution in [0.3, 0.4) is 0 Å². The fourth-order valence-electron chi connectivity index (χ4n) is 5.12. The monoisotopic (exact) mass is 580 g/mol. The van der Waals surface area contributed by atoms with Crippen molar-refractivity contribution in [1.29, 1.82) is 0 Å². The number of fused-ring (bicyclic) bond motifs is 1. The van der Waals surface area contributed by atoms with Gasteiger partial charge in [0.2, 0.25) is 0 Å². The number of methoxy groups -OCH3 is 1. The first kappa shape index (κ1) is 30.2. The summed E-state index contributed by atoms with van der Waals surface area (Å²) in [6.45, 7) is 6.35. The molecule has 8 heteroatoms. The SMILES string of the molecule is CCCCC1(CC)CN(c2ccccc2)c2cc(SC)c(OCCC(=O)O)cc2SN1Cc1ccc(OC)cc1. The van der Waals surface area contributed by atoms with Gasteiger partial charge in [0.1, 0.15) is 11.5 Å². The molecule has 1 aliphatic heterocycles. The van der Waals surface area contributed by atoms with Crippen LogP contribution in [0.2, 0.25) is 0 Å². The van der Waals surface area contributed by atoms with E-state index in [9.17, 15) is 4.79 Å². The quantitative estimate of drug-likeness (QED) is 0.160. The van der Waals surface area contributed by atoms with Gasteiger partial charge in [-0.15, -0.1) is 11.8 Å². The van der Waals surface area contributed by atoms with Crippen molar-refractivity contribution in [2.45, 2.75) is 67.8 Å². The number of carbonyl (C=O) groups is 1. The molecule has 6 nitrogen and oxygen atoms in total. The predicted molar refractivity (Wildman–Crippen MR) is 166 cm³/mol. The molecule has 1 heterocycles. The Labute approximate surface area is 247 Å². The van der Waals surface area contributed by atoms with Crippen molar-refractivity contribution in [3.63, 3.8) is 0 Å². The van der Waals surface area contributed by atoms with Crippen molar-refractivity contribution in [3.05, 3.63) is 72.3 Å². The van der Waals surface area contributed by atoms with Crippen LogP contribution in [0.25, 0.3) is 0 Å². The Morgan fingerprint density at radius 2 is 1.85 bits per heavy atom. The van der Waals surface area contributed by atoms with Crippen molar-refractivity contribution in [2.24, 2.45) is 0 Å². The molecule has 3 aromatic carbocycles. The number of nitrogens with zero attached hydrogens (tertiary/aromatic N) is 2. The van der Waals surface area contributed by atoms with Crippen LogP contribution in [0.15, 0.2) is 76.5 Å². The van der Waals surface area contributed by atoms with Crippen LogP contribution in [-0.2, 0) is 11.3 Å². The number of hydrogen-bond donors (Lipinski definition) is 1. The van der Waals surface area contributed by atoms with Gasteiger partial charge in [0.15, 0.2) is 0 Å². The summed E-state index contributed by atoms with van der Waals surface area (Å²) in [6, 6.07) is 23.3. The number of carboxylic acid groups (broad SMARTS) is 1. The summed E-state index contributed by atoms with van der Waals surface area (Å²) in [5.74, 6) is 0.725. The smallest absolute Gasteiger partial charge is 0.306 e. The average molecular weight is 581 g/mol. The highest BCUT2D eigenvalue weighted by Crippen LogP contribution is 2.50. The van der Waals surface area contributed by atoms with E-state index in [0.717, 1.165) is 71.4 Å². The molecule has 0 saturated heterocycles. The zero-order valence-corrected chi connectivity index (χ0v) is 25.5. The Kier molecular flexibility index (Phi) is 10.7. The fourth-order valence-corrected chi connectivity index (χ4v) is 7.01. The molecule has 0 aliphatic carbocycles. The van der Waals surface area contributed by atoms with Gasteiger partial charge in [0.25, 0.3) is 0 Å². The number of para-hydroxylation sites is 1. The average Bonchev–Trinajstić information content (AvgIpc) is 3.10. The number of anilines is 2. The minimum absolute atomic E-state index is 0.0340. The van der Waals surface area contributed by atoms with Crippen molar-refractivity contribution in [3.8, 4) is 11.5 Å². The molecular weight excluding hydrogens is 540 g/mol. The lowest BCUT2D eigenvalue weighted by molar-refractivity contribution is -0.137. The standard InChI is InChI=1S/C32H40N2O4S2/c1-5-7-18-32(6-2)23-33(25-11-9-8-10-12-25)27-20-30(39-4)28(38-19-17-31(35)36)21-29(27)40-34(32)22-24-13-15-26(37-3)16-14-24/h8-16,20-21H,5-7,17-19,22-23H2,1-4H3,(H,35,36). The lowest BCUT2D eigenvalue weighted by Gasteiger charge is -2.44. The molecule has 1 atom stereocenters. The first-order valence-corrected chi connectivity index (χ1v) is 15.9. The number of rotatable bonds is 13. The van der Waals surface area contributed by atoms with E-state index >= 15 is 0 Å². The van der Waals surface area contributed by atoms with Gasteiger partial charge in [-0.2, -0.15) is 0 Å². The number of thioether (sulfide) groups is 1. The van der Waals surface area contributed by atoms with Gasteiger partial charge in [-0.25, -0.2) is 4.31 Å². The molecule has 0 fully saturated rings. The maximum Gasteiger partial charge on any atom is 0.306 e. The summed E-state index contributed by atoms with van der Waals surface area (Å²) in [6.07, 6.45) is 6.37. The van der Waals surface area contributed by atoms with Crippen molar-refractivity contribution in [2.75, 3.05) is 31.4 Å². The van der Waals surface area contributed by atoms with Crippen LogP contribution in [-0.4, -0.2) is 47.4 Å². The number of benzene rings is 3. The van der Waals surface area contributed by atoms with Gasteiger partial charge in [-0.1, -0.05) is 57.0 Å². The van der Waals surface area contributed by atoms with E-state index in [2.05, 4.69) is 77.6 Å². The van der Waals surface area contributed by atoms with E-state index in [1.165, 1.54) is 5.56 Å². The molecule has 40 heavy (non-hydrogen) atoms. The lowest BCUT2D eigenvalue weighted by Crippen LogP contribution is -2.50. The summed E-state index contributed by atoms with van der Waals surface area (Å²) in [5.41, 5.74) is 3.46. The van der Waals surface area contributed by atoms with Crippen LogP contribution in [0.1, 0.15) is 51.5 Å². The van der Waals surface area contributed by atoms with Crippen LogP contribution in [0.5, 0.6) is 11.5 Å². The molecule has 3 aromatic rings. The molecule has 1 aliphatic rings. The summed E-state index contributed by atoms with van der Waals surface area (Å²) >= 11 is 3.41. The van der Waals surface area contributed by atoms with E-state index < -0.39 is 5.97 Å². The highest BCUT2D eigenvalue weighted by Gasteiger charge is 2.41. The number of unbranched alkanes of at least 4 members (excludes halogenated alkanes) is 1. The molecule has 0 spiro atoms. The van der Waals surface area contributed by atoms with Gasteiger partial charge >= 0.3 is 5.97 Å². The van der Waals surface area contributed by atoms with Crippen LogP contribution < -0.4 is 14.4 Å². The minimum atomic E-state index is -0.862. The Bertz CT molecular complexity index is 1260. The van der Waals surface area contributed by atoms with Crippen molar-refractivity contribution >= 4 is 41.1 Å². The van der Waals surface area contributed by atoms with E-state index in [4.69, 9.17) is 14.6 Å². The molecule has 0 amide bonds. The molecule has 4 rings (SSSR count).